The molecule has 0 heterocycles. The minimum absolute atomic E-state index is 0.0691. The maximum atomic E-state index is 14.1. The van der Waals surface area contributed by atoms with Crippen LogP contribution in [-0.2, 0) is 26.2 Å². The Morgan fingerprint density at radius 2 is 1.47 bits per heavy atom. The van der Waals surface area contributed by atoms with E-state index in [0.29, 0.717) is 17.2 Å². The molecule has 0 radical (unpaired) electrons. The molecule has 43 heavy (non-hydrogen) atoms. The van der Waals surface area contributed by atoms with Crippen LogP contribution in [0.3, 0.4) is 0 Å². The van der Waals surface area contributed by atoms with Crippen molar-refractivity contribution in [3.8, 4) is 17.2 Å². The van der Waals surface area contributed by atoms with Gasteiger partial charge in [-0.3, -0.25) is 13.9 Å². The van der Waals surface area contributed by atoms with E-state index in [1.54, 1.807) is 62.6 Å². The van der Waals surface area contributed by atoms with Crippen molar-refractivity contribution in [2.24, 2.45) is 0 Å². The van der Waals surface area contributed by atoms with Gasteiger partial charge in [-0.25, -0.2) is 8.42 Å². The van der Waals surface area contributed by atoms with Crippen molar-refractivity contribution in [3.05, 3.63) is 77.9 Å². The van der Waals surface area contributed by atoms with Crippen LogP contribution in [0, 0.1) is 6.92 Å². The van der Waals surface area contributed by atoms with Gasteiger partial charge in [0.15, 0.2) is 11.5 Å². The van der Waals surface area contributed by atoms with Crippen LogP contribution in [0.5, 0.6) is 17.2 Å². The Balaban J connectivity index is 2.07. The first-order valence-corrected chi connectivity index (χ1v) is 15.2. The fourth-order valence-corrected chi connectivity index (χ4v) is 5.76. The van der Waals surface area contributed by atoms with Gasteiger partial charge in [-0.2, -0.15) is 0 Å². The molecule has 0 aromatic heterocycles. The number of hydrogen-bond donors (Lipinski definition) is 1. The lowest BCUT2D eigenvalue weighted by atomic mass is 10.1. The lowest BCUT2D eigenvalue weighted by Gasteiger charge is -2.33. The molecule has 1 atom stereocenters. The van der Waals surface area contributed by atoms with Crippen LogP contribution in [-0.4, -0.2) is 64.6 Å². The highest BCUT2D eigenvalue weighted by molar-refractivity contribution is 7.92. The number of nitrogens with zero attached hydrogens (tertiary/aromatic N) is 2. The Kier molecular flexibility index (Phi) is 10.7. The predicted molar refractivity (Wildman–Crippen MR) is 166 cm³/mol. The van der Waals surface area contributed by atoms with Crippen LogP contribution in [0.2, 0.25) is 0 Å². The summed E-state index contributed by atoms with van der Waals surface area (Å²) in [5.41, 5.74) is 1.43. The highest BCUT2D eigenvalue weighted by atomic mass is 32.2. The molecule has 232 valence electrons. The van der Waals surface area contributed by atoms with Crippen LogP contribution in [0.1, 0.15) is 38.8 Å². The number of amides is 2. The molecule has 0 aliphatic heterocycles. The summed E-state index contributed by atoms with van der Waals surface area (Å²) in [7, 11) is 0.151. The van der Waals surface area contributed by atoms with Gasteiger partial charge in [-0.1, -0.05) is 29.8 Å². The summed E-state index contributed by atoms with van der Waals surface area (Å²) in [6, 6.07) is 17.3. The van der Waals surface area contributed by atoms with E-state index in [2.05, 4.69) is 5.32 Å². The van der Waals surface area contributed by atoms with Crippen molar-refractivity contribution in [1.29, 1.82) is 0 Å². The first-order chi connectivity index (χ1) is 20.2. The third-order valence-corrected chi connectivity index (χ3v) is 8.49. The summed E-state index contributed by atoms with van der Waals surface area (Å²) in [5.74, 6) is 0.318. The number of anilines is 1. The minimum Gasteiger partial charge on any atom is -0.497 e. The molecular formula is C32H41N3O7S. The van der Waals surface area contributed by atoms with E-state index < -0.39 is 34.1 Å². The number of sulfonamides is 1. The standard InChI is InChI=1S/C32H41N3O7S/c1-22-9-13-25(14-10-22)35(43(38,39)27-17-18-28(41-7)29(19-27)42-8)21-30(36)34(23(2)31(37)33-32(3,4)5)20-24-11-15-26(40-6)16-12-24/h9-19,23H,20-21H2,1-8H3,(H,33,37). The average molecular weight is 612 g/mol. The second-order valence-electron chi connectivity index (χ2n) is 11.1. The van der Waals surface area contributed by atoms with Gasteiger partial charge in [0.25, 0.3) is 10.0 Å². The number of benzene rings is 3. The van der Waals surface area contributed by atoms with E-state index in [9.17, 15) is 18.0 Å². The van der Waals surface area contributed by atoms with Crippen molar-refractivity contribution in [2.75, 3.05) is 32.2 Å². The molecule has 0 saturated carbocycles. The van der Waals surface area contributed by atoms with E-state index >= 15 is 0 Å². The first kappa shape index (κ1) is 33.3. The molecule has 0 saturated heterocycles. The molecule has 0 fully saturated rings. The van der Waals surface area contributed by atoms with Crippen LogP contribution in [0.25, 0.3) is 0 Å². The maximum absolute atomic E-state index is 14.1. The lowest BCUT2D eigenvalue weighted by Crippen LogP contribution is -2.54. The van der Waals surface area contributed by atoms with E-state index in [1.165, 1.54) is 37.3 Å². The normalized spacial score (nSPS) is 12.2. The van der Waals surface area contributed by atoms with Gasteiger partial charge in [-0.05, 0) is 76.6 Å². The topological polar surface area (TPSA) is 114 Å². The Labute approximate surface area is 254 Å². The Morgan fingerprint density at radius 3 is 2.00 bits per heavy atom. The molecule has 10 nitrogen and oxygen atoms in total. The SMILES string of the molecule is COc1ccc(CN(C(=O)CN(c2ccc(C)cc2)S(=O)(=O)c2ccc(OC)c(OC)c2)C(C)C(=O)NC(C)(C)C)cc1. The largest absolute Gasteiger partial charge is 0.497 e. The quantitative estimate of drug-likeness (QED) is 0.320. The molecule has 0 spiro atoms. The Morgan fingerprint density at radius 1 is 0.860 bits per heavy atom. The van der Waals surface area contributed by atoms with Crippen LogP contribution < -0.4 is 23.8 Å². The lowest BCUT2D eigenvalue weighted by molar-refractivity contribution is -0.140. The average Bonchev–Trinajstić information content (AvgIpc) is 2.97. The fourth-order valence-electron chi connectivity index (χ4n) is 4.33. The summed E-state index contributed by atoms with van der Waals surface area (Å²) < 4.78 is 45.2. The molecule has 1 N–H and O–H groups in total. The van der Waals surface area contributed by atoms with Crippen LogP contribution in [0.4, 0.5) is 5.69 Å². The third kappa shape index (κ3) is 8.41. The number of carbonyl (C=O) groups is 2. The predicted octanol–water partition coefficient (Wildman–Crippen LogP) is 4.55. The monoisotopic (exact) mass is 611 g/mol. The Hall–Kier alpha value is -4.25. The van der Waals surface area contributed by atoms with Crippen molar-refractivity contribution in [3.63, 3.8) is 0 Å². The summed E-state index contributed by atoms with van der Waals surface area (Å²) >= 11 is 0. The summed E-state index contributed by atoms with van der Waals surface area (Å²) in [6.45, 7) is 8.57. The maximum Gasteiger partial charge on any atom is 0.264 e. The second-order valence-corrected chi connectivity index (χ2v) is 13.0. The number of aryl methyl sites for hydroxylation is 1. The van der Waals surface area contributed by atoms with Gasteiger partial charge < -0.3 is 24.4 Å². The van der Waals surface area contributed by atoms with Gasteiger partial charge >= 0.3 is 0 Å². The minimum atomic E-state index is -4.28. The van der Waals surface area contributed by atoms with Crippen LogP contribution in [0.15, 0.2) is 71.6 Å². The molecule has 3 rings (SSSR count). The second kappa shape index (κ2) is 13.8. The number of ether oxygens (including phenoxy) is 3. The van der Waals surface area contributed by atoms with Gasteiger partial charge in [0.05, 0.1) is 31.9 Å². The molecule has 0 bridgehead atoms. The van der Waals surface area contributed by atoms with Crippen molar-refractivity contribution >= 4 is 27.5 Å². The van der Waals surface area contributed by atoms with Gasteiger partial charge in [0.2, 0.25) is 11.8 Å². The highest BCUT2D eigenvalue weighted by Gasteiger charge is 2.33. The summed E-state index contributed by atoms with van der Waals surface area (Å²) in [4.78, 5) is 28.7. The molecular weight excluding hydrogens is 570 g/mol. The number of nitrogens with one attached hydrogen (secondary N) is 1. The van der Waals surface area contributed by atoms with Crippen molar-refractivity contribution in [1.82, 2.24) is 10.2 Å². The molecule has 3 aromatic carbocycles. The molecule has 2 amide bonds. The summed E-state index contributed by atoms with van der Waals surface area (Å²) in [5, 5.41) is 2.92. The van der Waals surface area contributed by atoms with E-state index in [0.717, 1.165) is 15.4 Å². The highest BCUT2D eigenvalue weighted by Crippen LogP contribution is 2.32. The molecule has 11 heteroatoms. The van der Waals surface area contributed by atoms with Gasteiger partial charge in [-0.15, -0.1) is 0 Å². The first-order valence-electron chi connectivity index (χ1n) is 13.8. The van der Waals surface area contributed by atoms with Crippen molar-refractivity contribution in [2.45, 2.75) is 57.6 Å². The molecule has 0 aliphatic rings. The number of methoxy groups -OCH3 is 3. The number of hydrogen-bond acceptors (Lipinski definition) is 7. The number of rotatable bonds is 12. The van der Waals surface area contributed by atoms with E-state index in [-0.39, 0.29) is 23.1 Å². The zero-order valence-corrected chi connectivity index (χ0v) is 26.8. The molecule has 1 unspecified atom stereocenters. The van der Waals surface area contributed by atoms with Gasteiger partial charge in [0.1, 0.15) is 18.3 Å². The fraction of sp³-hybridized carbons (Fsp3) is 0.375. The summed E-state index contributed by atoms with van der Waals surface area (Å²) in [6.07, 6.45) is 0. The molecule has 3 aromatic rings. The smallest absolute Gasteiger partial charge is 0.264 e. The number of carbonyl (C=O) groups excluding carboxylic acids is 2. The van der Waals surface area contributed by atoms with Gasteiger partial charge in [0, 0.05) is 18.2 Å². The zero-order valence-electron chi connectivity index (χ0n) is 26.0. The molecule has 0 aliphatic carbocycles. The van der Waals surface area contributed by atoms with E-state index in [1.807, 2.05) is 27.7 Å². The van der Waals surface area contributed by atoms with Crippen molar-refractivity contribution < 1.29 is 32.2 Å². The third-order valence-electron chi connectivity index (χ3n) is 6.72. The Bertz CT molecular complexity index is 1520. The van der Waals surface area contributed by atoms with Crippen LogP contribution >= 0.6 is 0 Å². The van der Waals surface area contributed by atoms with E-state index in [4.69, 9.17) is 14.2 Å². The zero-order chi connectivity index (χ0) is 31.9.